The fourth-order valence-corrected chi connectivity index (χ4v) is 2.56. The highest BCUT2D eigenvalue weighted by Crippen LogP contribution is 2.41. The quantitative estimate of drug-likeness (QED) is 0.730. The van der Waals surface area contributed by atoms with Crippen molar-refractivity contribution in [1.29, 1.82) is 0 Å². The van der Waals surface area contributed by atoms with Crippen LogP contribution >= 0.6 is 0 Å². The van der Waals surface area contributed by atoms with Gasteiger partial charge >= 0.3 is 6.18 Å². The predicted molar refractivity (Wildman–Crippen MR) is 68.9 cm³/mol. The zero-order valence-corrected chi connectivity index (χ0v) is 12.6. The molecule has 1 saturated heterocycles. The molecule has 1 aliphatic heterocycles. The number of carbonyl (C=O) groups is 1. The summed E-state index contributed by atoms with van der Waals surface area (Å²) < 4.78 is 38.8. The van der Waals surface area contributed by atoms with Crippen molar-refractivity contribution in [2.24, 2.45) is 11.3 Å². The third-order valence-electron chi connectivity index (χ3n) is 3.67. The van der Waals surface area contributed by atoms with E-state index in [9.17, 15) is 18.0 Å². The van der Waals surface area contributed by atoms with E-state index >= 15 is 0 Å². The molecule has 2 atom stereocenters. The topological polar surface area (TPSA) is 20.3 Å². The average Bonchev–Trinajstić information content (AvgIpc) is 2.57. The largest absolute Gasteiger partial charge is 0.393 e. The van der Waals surface area contributed by atoms with Crippen LogP contribution < -0.4 is 0 Å². The van der Waals surface area contributed by atoms with Gasteiger partial charge in [0, 0.05) is 17.5 Å². The number of alkyl halides is 3. The predicted octanol–water partition coefficient (Wildman–Crippen LogP) is 3.65. The molecule has 0 aromatic heterocycles. The first kappa shape index (κ1) is 16.5. The minimum absolute atomic E-state index is 0.0838. The summed E-state index contributed by atoms with van der Waals surface area (Å²) in [5.41, 5.74) is -1.06. The summed E-state index contributed by atoms with van der Waals surface area (Å²) in [4.78, 5) is 14.1. The molecule has 1 unspecified atom stereocenters. The van der Waals surface area contributed by atoms with Gasteiger partial charge in [-0.25, -0.2) is 0 Å². The van der Waals surface area contributed by atoms with E-state index in [-0.39, 0.29) is 18.7 Å². The summed E-state index contributed by atoms with van der Waals surface area (Å²) in [5.74, 6) is -1.50. The van der Waals surface area contributed by atoms with Gasteiger partial charge in [0.2, 0.25) is 0 Å². The molecule has 112 valence electrons. The first-order valence-electron chi connectivity index (χ1n) is 6.62. The van der Waals surface area contributed by atoms with Crippen molar-refractivity contribution in [3.05, 3.63) is 0 Å². The Hall–Kier alpha value is -0.580. The summed E-state index contributed by atoms with van der Waals surface area (Å²) in [6.45, 7) is 10.8. The van der Waals surface area contributed by atoms with Crippen molar-refractivity contribution in [3.8, 4) is 0 Å². The van der Waals surface area contributed by atoms with Crippen molar-refractivity contribution >= 4 is 5.78 Å². The van der Waals surface area contributed by atoms with Gasteiger partial charge in [0.15, 0.2) is 5.78 Å². The van der Waals surface area contributed by atoms with Gasteiger partial charge in [-0.3, -0.25) is 9.69 Å². The Morgan fingerprint density at radius 1 is 1.05 bits per heavy atom. The van der Waals surface area contributed by atoms with Gasteiger partial charge < -0.3 is 0 Å². The maximum Gasteiger partial charge on any atom is 0.393 e. The molecule has 0 radical (unpaired) electrons. The highest BCUT2D eigenvalue weighted by Gasteiger charge is 2.52. The molecule has 0 N–H and O–H groups in total. The third kappa shape index (κ3) is 3.71. The van der Waals surface area contributed by atoms with Crippen molar-refractivity contribution in [2.45, 2.75) is 65.7 Å². The van der Waals surface area contributed by atoms with Crippen LogP contribution in [0.3, 0.4) is 0 Å². The van der Waals surface area contributed by atoms with Gasteiger partial charge in [-0.05, 0) is 27.2 Å². The molecule has 0 aromatic carbocycles. The van der Waals surface area contributed by atoms with E-state index < -0.39 is 29.1 Å². The number of halogens is 3. The monoisotopic (exact) mass is 279 g/mol. The molecule has 1 heterocycles. The number of hydrogen-bond acceptors (Lipinski definition) is 2. The summed E-state index contributed by atoms with van der Waals surface area (Å²) in [7, 11) is 0. The summed E-state index contributed by atoms with van der Waals surface area (Å²) in [5, 5.41) is 0. The fraction of sp³-hybridized carbons (Fsp3) is 0.929. The first-order valence-corrected chi connectivity index (χ1v) is 6.62. The van der Waals surface area contributed by atoms with Gasteiger partial charge in [0.25, 0.3) is 0 Å². The zero-order chi connectivity index (χ0) is 15.2. The maximum absolute atomic E-state index is 12.9. The van der Waals surface area contributed by atoms with E-state index in [1.165, 1.54) is 0 Å². The van der Waals surface area contributed by atoms with E-state index in [0.29, 0.717) is 0 Å². The average molecular weight is 279 g/mol. The van der Waals surface area contributed by atoms with Crippen LogP contribution in [0.2, 0.25) is 0 Å². The molecule has 19 heavy (non-hydrogen) atoms. The highest BCUT2D eigenvalue weighted by molar-refractivity contribution is 5.89. The van der Waals surface area contributed by atoms with E-state index in [1.54, 1.807) is 25.7 Å². The molecule has 1 fully saturated rings. The Balaban J connectivity index is 3.04. The Morgan fingerprint density at radius 3 is 1.84 bits per heavy atom. The summed E-state index contributed by atoms with van der Waals surface area (Å²) in [6.07, 6.45) is -4.34. The molecule has 0 bridgehead atoms. The van der Waals surface area contributed by atoms with Gasteiger partial charge in [-0.15, -0.1) is 0 Å². The molecule has 0 saturated carbocycles. The SMILES string of the molecule is CC(C)(C)C(=O)[C@@H]1CC(C(F)(F)F)CN1C(C)(C)C. The Kier molecular flexibility index (Phi) is 4.13. The first-order chi connectivity index (χ1) is 8.24. The van der Waals surface area contributed by atoms with E-state index in [0.717, 1.165) is 0 Å². The van der Waals surface area contributed by atoms with Crippen LogP contribution in [0.5, 0.6) is 0 Å². The van der Waals surface area contributed by atoms with E-state index in [1.807, 2.05) is 20.8 Å². The summed E-state index contributed by atoms with van der Waals surface area (Å²) in [6, 6.07) is -0.633. The smallest absolute Gasteiger partial charge is 0.297 e. The van der Waals surface area contributed by atoms with E-state index in [2.05, 4.69) is 0 Å². The van der Waals surface area contributed by atoms with E-state index in [4.69, 9.17) is 0 Å². The molecule has 5 heteroatoms. The van der Waals surface area contributed by atoms with Crippen LogP contribution in [-0.4, -0.2) is 35.0 Å². The number of Topliss-reactive ketones (excluding diaryl/α,β-unsaturated/α-hetero) is 1. The van der Waals surface area contributed by atoms with Crippen molar-refractivity contribution in [1.82, 2.24) is 4.90 Å². The number of likely N-dealkylation sites (tertiary alicyclic amines) is 1. The third-order valence-corrected chi connectivity index (χ3v) is 3.67. The lowest BCUT2D eigenvalue weighted by atomic mass is 9.84. The van der Waals surface area contributed by atoms with Crippen LogP contribution in [0, 0.1) is 11.3 Å². The van der Waals surface area contributed by atoms with Crippen molar-refractivity contribution in [2.75, 3.05) is 6.54 Å². The molecule has 0 spiro atoms. The lowest BCUT2D eigenvalue weighted by molar-refractivity contribution is -0.171. The maximum atomic E-state index is 12.9. The molecular weight excluding hydrogens is 255 g/mol. The molecule has 0 aliphatic carbocycles. The second kappa shape index (κ2) is 4.76. The van der Waals surface area contributed by atoms with Crippen LogP contribution in [0.15, 0.2) is 0 Å². The van der Waals surface area contributed by atoms with Crippen LogP contribution in [0.4, 0.5) is 13.2 Å². The number of hydrogen-bond donors (Lipinski definition) is 0. The Bertz CT molecular complexity index is 349. The van der Waals surface area contributed by atoms with Gasteiger partial charge in [-0.2, -0.15) is 13.2 Å². The normalized spacial score (nSPS) is 26.8. The number of nitrogens with zero attached hydrogens (tertiary/aromatic N) is 1. The number of carbonyl (C=O) groups excluding carboxylic acids is 1. The molecule has 1 rings (SSSR count). The van der Waals surface area contributed by atoms with Crippen molar-refractivity contribution in [3.63, 3.8) is 0 Å². The second-order valence-electron chi connectivity index (χ2n) is 7.43. The molecular formula is C14H24F3NO. The lowest BCUT2D eigenvalue weighted by Gasteiger charge is -2.38. The van der Waals surface area contributed by atoms with Gasteiger partial charge in [0.05, 0.1) is 12.0 Å². The molecule has 0 aromatic rings. The molecule has 2 nitrogen and oxygen atoms in total. The Morgan fingerprint density at radius 2 is 1.53 bits per heavy atom. The summed E-state index contributed by atoms with van der Waals surface area (Å²) >= 11 is 0. The minimum atomic E-state index is -4.23. The molecule has 0 amide bonds. The molecule has 1 aliphatic rings. The van der Waals surface area contributed by atoms with Crippen LogP contribution in [0.1, 0.15) is 48.0 Å². The number of rotatable bonds is 1. The van der Waals surface area contributed by atoms with Crippen LogP contribution in [-0.2, 0) is 4.79 Å². The zero-order valence-electron chi connectivity index (χ0n) is 12.6. The second-order valence-corrected chi connectivity index (χ2v) is 7.43. The fourth-order valence-electron chi connectivity index (χ4n) is 2.56. The van der Waals surface area contributed by atoms with Crippen LogP contribution in [0.25, 0.3) is 0 Å². The highest BCUT2D eigenvalue weighted by atomic mass is 19.4. The van der Waals surface area contributed by atoms with Gasteiger partial charge in [-0.1, -0.05) is 20.8 Å². The lowest BCUT2D eigenvalue weighted by Crippen LogP contribution is -2.50. The van der Waals surface area contributed by atoms with Crippen molar-refractivity contribution < 1.29 is 18.0 Å². The minimum Gasteiger partial charge on any atom is -0.297 e. The standard InChI is InChI=1S/C14H24F3NO/c1-12(2,3)11(19)10-7-9(14(15,16)17)8-18(10)13(4,5)6/h9-10H,7-8H2,1-6H3/t9?,10-/m0/s1. The Labute approximate surface area is 113 Å². The van der Waals surface area contributed by atoms with Gasteiger partial charge in [0.1, 0.15) is 0 Å². The number of ketones is 1.